The molecule has 0 radical (unpaired) electrons. The third-order valence-corrected chi connectivity index (χ3v) is 6.40. The van der Waals surface area contributed by atoms with Gasteiger partial charge in [0.1, 0.15) is 0 Å². The topological polar surface area (TPSA) is 41.9 Å². The van der Waals surface area contributed by atoms with E-state index in [9.17, 15) is 0 Å². The first kappa shape index (κ1) is 18.0. The van der Waals surface area contributed by atoms with E-state index in [1.807, 2.05) is 12.3 Å². The van der Waals surface area contributed by atoms with E-state index >= 15 is 0 Å². The van der Waals surface area contributed by atoms with E-state index in [1.54, 1.807) is 23.7 Å². The molecule has 2 aromatic heterocycles. The Morgan fingerprint density at radius 1 is 0.966 bits per heavy atom. The van der Waals surface area contributed by atoms with Gasteiger partial charge >= 0.3 is 0 Å². The lowest BCUT2D eigenvalue weighted by molar-refractivity contribution is 0.728. The Labute approximate surface area is 174 Å². The molecule has 4 nitrogen and oxygen atoms in total. The largest absolute Gasteiger partial charge is 0.343 e. The predicted molar refractivity (Wildman–Crippen MR) is 118 cm³/mol. The molecule has 0 saturated carbocycles. The molecule has 2 aromatic carbocycles. The quantitative estimate of drug-likeness (QED) is 0.482. The van der Waals surface area contributed by atoms with E-state index in [1.165, 1.54) is 27.1 Å². The summed E-state index contributed by atoms with van der Waals surface area (Å²) in [4.78, 5) is 17.0. The molecule has 1 aliphatic heterocycles. The summed E-state index contributed by atoms with van der Waals surface area (Å²) in [5.74, 6) is 0.764. The number of fused-ring (bicyclic) bond motifs is 1. The van der Waals surface area contributed by atoms with Crippen LogP contribution in [-0.4, -0.2) is 21.5 Å². The van der Waals surface area contributed by atoms with Crippen molar-refractivity contribution in [2.45, 2.75) is 26.3 Å². The van der Waals surface area contributed by atoms with Crippen molar-refractivity contribution in [3.05, 3.63) is 94.3 Å². The molecule has 0 aliphatic carbocycles. The zero-order valence-electron chi connectivity index (χ0n) is 16.4. The van der Waals surface area contributed by atoms with Crippen molar-refractivity contribution in [1.29, 1.82) is 0 Å². The van der Waals surface area contributed by atoms with Gasteiger partial charge in [-0.2, -0.15) is 0 Å². The molecule has 144 valence electrons. The first-order chi connectivity index (χ1) is 14.2. The minimum atomic E-state index is 0.764. The second-order valence-electron chi connectivity index (χ2n) is 7.50. The second kappa shape index (κ2) is 7.76. The first-order valence-corrected chi connectivity index (χ1v) is 10.7. The third kappa shape index (κ3) is 3.91. The Kier molecular flexibility index (Phi) is 4.82. The van der Waals surface area contributed by atoms with Gasteiger partial charge < -0.3 is 4.90 Å². The number of aryl methyl sites for hydroxylation is 1. The van der Waals surface area contributed by atoms with Crippen LogP contribution in [0.5, 0.6) is 0 Å². The fraction of sp³-hybridized carbons (Fsp3) is 0.208. The summed E-state index contributed by atoms with van der Waals surface area (Å²) in [7, 11) is 0. The van der Waals surface area contributed by atoms with Crippen LogP contribution in [0, 0.1) is 6.92 Å². The zero-order valence-corrected chi connectivity index (χ0v) is 17.2. The minimum absolute atomic E-state index is 0.764. The number of thiazole rings is 1. The summed E-state index contributed by atoms with van der Waals surface area (Å²) in [5.41, 5.74) is 6.56. The molecule has 0 spiro atoms. The lowest BCUT2D eigenvalue weighted by Gasteiger charge is -2.28. The monoisotopic (exact) mass is 398 g/mol. The number of hydrogen-bond donors (Lipinski definition) is 0. The smallest absolute Gasteiger partial charge is 0.185 e. The van der Waals surface area contributed by atoms with Crippen molar-refractivity contribution < 1.29 is 0 Å². The van der Waals surface area contributed by atoms with Crippen LogP contribution in [0.2, 0.25) is 0 Å². The Balaban J connectivity index is 1.28. The molecular formula is C24H22N4S. The van der Waals surface area contributed by atoms with E-state index in [0.29, 0.717) is 0 Å². The van der Waals surface area contributed by atoms with Crippen LogP contribution in [0.1, 0.15) is 27.1 Å². The van der Waals surface area contributed by atoms with Gasteiger partial charge in [0.05, 0.1) is 0 Å². The molecule has 4 aromatic rings. The lowest BCUT2D eigenvalue weighted by atomic mass is 9.98. The molecule has 0 N–H and O–H groups in total. The molecular weight excluding hydrogens is 376 g/mol. The van der Waals surface area contributed by atoms with E-state index in [0.717, 1.165) is 42.5 Å². The Bertz CT molecular complexity index is 1120. The highest BCUT2D eigenvalue weighted by atomic mass is 32.1. The number of aromatic nitrogens is 3. The highest BCUT2D eigenvalue weighted by Gasteiger charge is 2.19. The average molecular weight is 399 g/mol. The molecule has 0 fully saturated rings. The van der Waals surface area contributed by atoms with Gasteiger partial charge in [-0.05, 0) is 36.1 Å². The summed E-state index contributed by atoms with van der Waals surface area (Å²) in [6, 6.07) is 17.1. The molecule has 0 atom stereocenters. The molecule has 1 aliphatic rings. The summed E-state index contributed by atoms with van der Waals surface area (Å²) in [5, 5.41) is 1.13. The predicted octanol–water partition coefficient (Wildman–Crippen LogP) is 5.06. The van der Waals surface area contributed by atoms with Crippen LogP contribution in [0.4, 0.5) is 5.13 Å². The van der Waals surface area contributed by atoms with Gasteiger partial charge in [0.25, 0.3) is 0 Å². The summed E-state index contributed by atoms with van der Waals surface area (Å²) >= 11 is 1.80. The van der Waals surface area contributed by atoms with E-state index < -0.39 is 0 Å². The van der Waals surface area contributed by atoms with Crippen molar-refractivity contribution in [1.82, 2.24) is 15.0 Å². The maximum absolute atomic E-state index is 4.72. The van der Waals surface area contributed by atoms with Crippen molar-refractivity contribution in [2.75, 3.05) is 11.4 Å². The van der Waals surface area contributed by atoms with Gasteiger partial charge in [0.15, 0.2) is 11.0 Å². The Morgan fingerprint density at radius 2 is 1.79 bits per heavy atom. The van der Waals surface area contributed by atoms with Crippen LogP contribution in [0.25, 0.3) is 11.4 Å². The third-order valence-electron chi connectivity index (χ3n) is 5.34. The van der Waals surface area contributed by atoms with Crippen LogP contribution in [0.3, 0.4) is 0 Å². The number of benzene rings is 2. The standard InChI is InChI=1S/C24H22N4S/c1-17-3-6-19-9-12-28(16-21(19)13-17)24-27-15-22(29-24)14-18-4-7-20(8-5-18)23-25-10-2-11-26-23/h2-8,10-11,13,15H,9,12,14,16H2,1H3. The maximum Gasteiger partial charge on any atom is 0.185 e. The van der Waals surface area contributed by atoms with Crippen molar-refractivity contribution in [2.24, 2.45) is 0 Å². The average Bonchev–Trinajstić information content (AvgIpc) is 3.23. The number of anilines is 1. The fourth-order valence-corrected chi connectivity index (χ4v) is 4.76. The van der Waals surface area contributed by atoms with Crippen LogP contribution < -0.4 is 4.90 Å². The molecule has 0 unspecified atom stereocenters. The summed E-state index contributed by atoms with van der Waals surface area (Å²) < 4.78 is 0. The van der Waals surface area contributed by atoms with E-state index in [4.69, 9.17) is 4.98 Å². The maximum atomic E-state index is 4.72. The molecule has 5 rings (SSSR count). The van der Waals surface area contributed by atoms with E-state index in [2.05, 4.69) is 64.3 Å². The van der Waals surface area contributed by atoms with Crippen molar-refractivity contribution >= 4 is 16.5 Å². The molecule has 0 bridgehead atoms. The molecule has 0 amide bonds. The van der Waals surface area contributed by atoms with Crippen LogP contribution in [0.15, 0.2) is 67.1 Å². The number of hydrogen-bond acceptors (Lipinski definition) is 5. The highest BCUT2D eigenvalue weighted by molar-refractivity contribution is 7.15. The minimum Gasteiger partial charge on any atom is -0.343 e. The zero-order chi connectivity index (χ0) is 19.6. The number of rotatable bonds is 4. The van der Waals surface area contributed by atoms with E-state index in [-0.39, 0.29) is 0 Å². The fourth-order valence-electron chi connectivity index (χ4n) is 3.80. The van der Waals surface area contributed by atoms with Gasteiger partial charge in [-0.3, -0.25) is 0 Å². The first-order valence-electron chi connectivity index (χ1n) is 9.89. The van der Waals surface area contributed by atoms with Gasteiger partial charge in [-0.15, -0.1) is 11.3 Å². The highest BCUT2D eigenvalue weighted by Crippen LogP contribution is 2.30. The molecule has 29 heavy (non-hydrogen) atoms. The van der Waals surface area contributed by atoms with Crippen molar-refractivity contribution in [3.8, 4) is 11.4 Å². The Hall–Kier alpha value is -3.05. The van der Waals surface area contributed by atoms with Crippen LogP contribution in [-0.2, 0) is 19.4 Å². The SMILES string of the molecule is Cc1ccc2c(c1)CN(c1ncc(Cc3ccc(-c4ncccn4)cc3)s1)CC2. The Morgan fingerprint density at radius 3 is 2.62 bits per heavy atom. The van der Waals surface area contributed by atoms with Crippen LogP contribution >= 0.6 is 11.3 Å². The lowest BCUT2D eigenvalue weighted by Crippen LogP contribution is -2.30. The van der Waals surface area contributed by atoms with Gasteiger partial charge in [-0.25, -0.2) is 15.0 Å². The summed E-state index contributed by atoms with van der Waals surface area (Å²) in [6.45, 7) is 4.15. The molecule has 5 heteroatoms. The van der Waals surface area contributed by atoms with Gasteiger partial charge in [0, 0.05) is 48.5 Å². The molecule has 0 saturated heterocycles. The normalized spacial score (nSPS) is 13.3. The van der Waals surface area contributed by atoms with Crippen molar-refractivity contribution in [3.63, 3.8) is 0 Å². The van der Waals surface area contributed by atoms with Gasteiger partial charge in [0.2, 0.25) is 0 Å². The molecule has 3 heterocycles. The second-order valence-corrected chi connectivity index (χ2v) is 8.59. The van der Waals surface area contributed by atoms with Gasteiger partial charge in [-0.1, -0.05) is 48.0 Å². The number of nitrogens with zero attached hydrogens (tertiary/aromatic N) is 4. The summed E-state index contributed by atoms with van der Waals surface area (Å²) in [6.07, 6.45) is 7.56.